The molecule has 4 aromatic heterocycles. The van der Waals surface area contributed by atoms with E-state index in [9.17, 15) is 0 Å². The van der Waals surface area contributed by atoms with Crippen molar-refractivity contribution in [3.8, 4) is 45.1 Å². The molecule has 0 aliphatic heterocycles. The van der Waals surface area contributed by atoms with E-state index in [4.69, 9.17) is 4.42 Å². The number of fused-ring (bicyclic) bond motifs is 1. The maximum absolute atomic E-state index is 6.39. The first-order chi connectivity index (χ1) is 21.8. The summed E-state index contributed by atoms with van der Waals surface area (Å²) >= 11 is 0. The van der Waals surface area contributed by atoms with Gasteiger partial charge in [-0.25, -0.2) is 0 Å². The van der Waals surface area contributed by atoms with Gasteiger partial charge >= 0.3 is 0 Å². The fourth-order valence-electron chi connectivity index (χ4n) is 5.41. The van der Waals surface area contributed by atoms with Crippen molar-refractivity contribution in [1.29, 1.82) is 0 Å². The van der Waals surface area contributed by atoms with E-state index in [1.54, 1.807) is 6.20 Å². The first-order valence-electron chi connectivity index (χ1n) is 15.1. The molecule has 0 aliphatic rings. The molecule has 7 aromatic rings. The summed E-state index contributed by atoms with van der Waals surface area (Å²) in [6.45, 7) is 10.8. The molecule has 3 aromatic carbocycles. The molecule has 4 nitrogen and oxygen atoms in total. The van der Waals surface area contributed by atoms with Gasteiger partial charge in [0, 0.05) is 49.6 Å². The van der Waals surface area contributed by atoms with Crippen LogP contribution < -0.4 is 0 Å². The number of furan rings is 1. The second kappa shape index (κ2) is 14.2. The van der Waals surface area contributed by atoms with Crippen LogP contribution >= 0.6 is 0 Å². The van der Waals surface area contributed by atoms with Gasteiger partial charge in [0.05, 0.1) is 0 Å². The fraction of sp³-hybridized carbons (Fsp3) is 0.146. The molecule has 0 N–H and O–H groups in total. The zero-order chi connectivity index (χ0) is 31.4. The van der Waals surface area contributed by atoms with Gasteiger partial charge < -0.3 is 14.4 Å². The Bertz CT molecular complexity index is 2020. The van der Waals surface area contributed by atoms with Crippen molar-refractivity contribution in [2.75, 3.05) is 0 Å². The van der Waals surface area contributed by atoms with Gasteiger partial charge in [0.15, 0.2) is 5.76 Å². The van der Waals surface area contributed by atoms with Crippen molar-refractivity contribution < 1.29 is 24.5 Å². The third kappa shape index (κ3) is 7.39. The molecular formula is C41H35IrN3O-2. The molecule has 0 unspecified atom stereocenters. The van der Waals surface area contributed by atoms with Crippen LogP contribution in [0.25, 0.3) is 56.1 Å². The van der Waals surface area contributed by atoms with Crippen molar-refractivity contribution in [2.24, 2.45) is 0 Å². The molecule has 46 heavy (non-hydrogen) atoms. The summed E-state index contributed by atoms with van der Waals surface area (Å²) < 4.78 is 6.39. The fourth-order valence-corrected chi connectivity index (χ4v) is 5.41. The number of nitrogens with zero attached hydrogens (tertiary/aromatic N) is 3. The van der Waals surface area contributed by atoms with E-state index < -0.39 is 0 Å². The summed E-state index contributed by atoms with van der Waals surface area (Å²) in [5.41, 5.74) is 11.4. The van der Waals surface area contributed by atoms with Crippen molar-refractivity contribution >= 4 is 11.0 Å². The Hall–Kier alpha value is -4.70. The first kappa shape index (κ1) is 32.7. The monoisotopic (exact) mass is 778 g/mol. The molecule has 7 rings (SSSR count). The molecule has 4 heterocycles. The van der Waals surface area contributed by atoms with Crippen molar-refractivity contribution in [3.05, 3.63) is 151 Å². The molecule has 0 bridgehead atoms. The Morgan fingerprint density at radius 1 is 0.587 bits per heavy atom. The predicted molar refractivity (Wildman–Crippen MR) is 184 cm³/mol. The Labute approximate surface area is 285 Å². The van der Waals surface area contributed by atoms with E-state index in [-0.39, 0.29) is 25.5 Å². The molecule has 0 atom stereocenters. The van der Waals surface area contributed by atoms with Crippen LogP contribution in [0.2, 0.25) is 0 Å². The summed E-state index contributed by atoms with van der Waals surface area (Å²) in [4.78, 5) is 13.4. The van der Waals surface area contributed by atoms with E-state index >= 15 is 0 Å². The number of aromatic nitrogens is 3. The van der Waals surface area contributed by atoms with Gasteiger partial charge in [-0.3, -0.25) is 4.98 Å². The summed E-state index contributed by atoms with van der Waals surface area (Å²) in [6, 6.07) is 41.0. The smallest absolute Gasteiger partial charge is 0.157 e. The number of benzene rings is 3. The van der Waals surface area contributed by atoms with E-state index in [1.807, 2.05) is 73.1 Å². The van der Waals surface area contributed by atoms with Crippen molar-refractivity contribution in [3.63, 3.8) is 0 Å². The van der Waals surface area contributed by atoms with Gasteiger partial charge in [-0.15, -0.1) is 71.3 Å². The molecule has 231 valence electrons. The molecule has 0 spiro atoms. The minimum Gasteiger partial charge on any atom is -0.454 e. The maximum atomic E-state index is 6.39. The van der Waals surface area contributed by atoms with Gasteiger partial charge in [0.25, 0.3) is 0 Å². The van der Waals surface area contributed by atoms with Gasteiger partial charge in [-0.2, -0.15) is 0 Å². The summed E-state index contributed by atoms with van der Waals surface area (Å²) in [5, 5.41) is 1.13. The standard InChI is InChI=1S/C30H27N2O.C11H8N.Ir/c1-19-11-13-31-25(15-19)23-8-6-7-21(17-23)22-9-10-27-24(18-22)28(30(3,4)5)29(33-27)26-16-20(2)12-14-32-26;1-2-6-10(7-3-1)11-8-4-5-9-12-11;/h6-7,9-18H,1-5H3;1-6,8-9H;/q2*-1;. The summed E-state index contributed by atoms with van der Waals surface area (Å²) in [6.07, 6.45) is 5.48. The zero-order valence-corrected chi connectivity index (χ0v) is 29.0. The Morgan fingerprint density at radius 3 is 1.93 bits per heavy atom. The number of hydrogen-bond donors (Lipinski definition) is 0. The van der Waals surface area contributed by atoms with E-state index in [0.29, 0.717) is 0 Å². The van der Waals surface area contributed by atoms with Gasteiger partial charge in [-0.05, 0) is 78.2 Å². The molecule has 0 saturated heterocycles. The van der Waals surface area contributed by atoms with Crippen LogP contribution in [0.5, 0.6) is 0 Å². The minimum atomic E-state index is -0.105. The van der Waals surface area contributed by atoms with Gasteiger partial charge in [-0.1, -0.05) is 50.6 Å². The van der Waals surface area contributed by atoms with Crippen LogP contribution in [0.4, 0.5) is 0 Å². The normalized spacial score (nSPS) is 11.0. The van der Waals surface area contributed by atoms with Gasteiger partial charge in [0.1, 0.15) is 11.3 Å². The average Bonchev–Trinajstić information content (AvgIpc) is 3.46. The summed E-state index contributed by atoms with van der Waals surface area (Å²) in [7, 11) is 0. The SMILES string of the molecule is Cc1ccnc(-c2[c-]ccc(-c3ccc4oc(-c5cc(C)ccn5)c(C(C)(C)C)c4c3)c2)c1.[Ir].[c-]1ccccc1-c1ccccn1. The zero-order valence-electron chi connectivity index (χ0n) is 26.6. The van der Waals surface area contributed by atoms with Crippen LogP contribution in [0.3, 0.4) is 0 Å². The number of rotatable bonds is 4. The first-order valence-corrected chi connectivity index (χ1v) is 15.1. The molecule has 0 aliphatic carbocycles. The third-order valence-corrected chi connectivity index (χ3v) is 7.56. The van der Waals surface area contributed by atoms with Gasteiger partial charge in [0.2, 0.25) is 0 Å². The Morgan fingerprint density at radius 2 is 1.26 bits per heavy atom. The maximum Gasteiger partial charge on any atom is 0.157 e. The minimum absolute atomic E-state index is 0. The van der Waals surface area contributed by atoms with E-state index in [1.165, 1.54) is 16.7 Å². The Kier molecular flexibility index (Phi) is 10.1. The van der Waals surface area contributed by atoms with Crippen LogP contribution in [0, 0.1) is 26.0 Å². The quantitative estimate of drug-likeness (QED) is 0.167. The number of hydrogen-bond acceptors (Lipinski definition) is 4. The second-order valence-electron chi connectivity index (χ2n) is 12.2. The number of aryl methyl sites for hydroxylation is 2. The molecule has 5 heteroatoms. The molecule has 0 fully saturated rings. The van der Waals surface area contributed by atoms with Crippen molar-refractivity contribution in [2.45, 2.75) is 40.0 Å². The van der Waals surface area contributed by atoms with Crippen LogP contribution in [0.1, 0.15) is 37.5 Å². The second-order valence-corrected chi connectivity index (χ2v) is 12.2. The van der Waals surface area contributed by atoms with E-state index in [2.05, 4.69) is 104 Å². The molecule has 0 amide bonds. The third-order valence-electron chi connectivity index (χ3n) is 7.56. The molecule has 0 saturated carbocycles. The molecule has 1 radical (unpaired) electrons. The van der Waals surface area contributed by atoms with Crippen LogP contribution in [-0.4, -0.2) is 15.0 Å². The summed E-state index contributed by atoms with van der Waals surface area (Å²) in [5.74, 6) is 0.851. The topological polar surface area (TPSA) is 51.8 Å². The van der Waals surface area contributed by atoms with Crippen molar-refractivity contribution in [1.82, 2.24) is 15.0 Å². The Balaban J connectivity index is 0.000000269. The van der Waals surface area contributed by atoms with Crippen LogP contribution in [-0.2, 0) is 25.5 Å². The molecular weight excluding hydrogens is 743 g/mol. The largest absolute Gasteiger partial charge is 0.454 e. The predicted octanol–water partition coefficient (Wildman–Crippen LogP) is 10.5. The van der Waals surface area contributed by atoms with Crippen LogP contribution in [0.15, 0.2) is 126 Å². The average molecular weight is 778 g/mol. The van der Waals surface area contributed by atoms with E-state index in [0.717, 1.165) is 56.1 Å². The number of pyridine rings is 3.